The number of fused-ring (bicyclic) bond motifs is 1. The lowest BCUT2D eigenvalue weighted by Gasteiger charge is -2.15. The Balaban J connectivity index is 1.68. The van der Waals surface area contributed by atoms with Gasteiger partial charge in [-0.15, -0.1) is 0 Å². The molecule has 1 aromatic rings. The number of sulfone groups is 1. The quantitative estimate of drug-likeness (QED) is 0.910. The van der Waals surface area contributed by atoms with Crippen LogP contribution < -0.4 is 5.32 Å². The standard InChI is InChI=1S/C15H18N2O3S/c18-15(16-7-10-17-8-1-2-9-17)13-4-3-5-14-12(13)6-11-21(14,19)20/h3-6,11H,1-2,7-10H2,(H,16,18). The highest BCUT2D eigenvalue weighted by atomic mass is 32.2. The number of hydrogen-bond acceptors (Lipinski definition) is 4. The highest BCUT2D eigenvalue weighted by molar-refractivity contribution is 7.94. The zero-order valence-electron chi connectivity index (χ0n) is 11.7. The van der Waals surface area contributed by atoms with Crippen molar-refractivity contribution in [3.8, 4) is 0 Å². The lowest BCUT2D eigenvalue weighted by atomic mass is 10.1. The average Bonchev–Trinajstić information content (AvgIpc) is 3.07. The summed E-state index contributed by atoms with van der Waals surface area (Å²) in [7, 11) is -3.36. The van der Waals surface area contributed by atoms with Crippen molar-refractivity contribution in [2.45, 2.75) is 17.7 Å². The predicted octanol–water partition coefficient (Wildman–Crippen LogP) is 1.27. The molecule has 0 bridgehead atoms. The van der Waals surface area contributed by atoms with Gasteiger partial charge in [0.2, 0.25) is 0 Å². The van der Waals surface area contributed by atoms with Crippen molar-refractivity contribution in [2.75, 3.05) is 26.2 Å². The Labute approximate surface area is 124 Å². The predicted molar refractivity (Wildman–Crippen MR) is 80.7 cm³/mol. The van der Waals surface area contributed by atoms with Crippen molar-refractivity contribution in [1.82, 2.24) is 10.2 Å². The molecule has 1 amide bonds. The van der Waals surface area contributed by atoms with E-state index in [-0.39, 0.29) is 10.8 Å². The van der Waals surface area contributed by atoms with Gasteiger partial charge in [0.1, 0.15) is 0 Å². The molecule has 3 rings (SSSR count). The molecule has 1 N–H and O–H groups in total. The van der Waals surface area contributed by atoms with Gasteiger partial charge in [-0.2, -0.15) is 0 Å². The number of nitrogens with zero attached hydrogens (tertiary/aromatic N) is 1. The van der Waals surface area contributed by atoms with Gasteiger partial charge in [0, 0.05) is 29.6 Å². The Bertz CT molecular complexity index is 689. The number of carbonyl (C=O) groups excluding carboxylic acids is 1. The highest BCUT2D eigenvalue weighted by Crippen LogP contribution is 2.29. The number of nitrogens with one attached hydrogen (secondary N) is 1. The summed E-state index contributed by atoms with van der Waals surface area (Å²) in [6.45, 7) is 3.61. The van der Waals surface area contributed by atoms with Crippen molar-refractivity contribution < 1.29 is 13.2 Å². The monoisotopic (exact) mass is 306 g/mol. The molecule has 1 aromatic carbocycles. The Morgan fingerprint density at radius 1 is 1.24 bits per heavy atom. The molecule has 6 heteroatoms. The molecule has 21 heavy (non-hydrogen) atoms. The van der Waals surface area contributed by atoms with Crippen molar-refractivity contribution in [1.29, 1.82) is 0 Å². The fourth-order valence-corrected chi connectivity index (χ4v) is 4.04. The molecule has 2 aliphatic rings. The van der Waals surface area contributed by atoms with E-state index < -0.39 is 9.84 Å². The van der Waals surface area contributed by atoms with Crippen LogP contribution in [0.1, 0.15) is 28.8 Å². The first-order valence-corrected chi connectivity index (χ1v) is 8.69. The number of amides is 1. The minimum Gasteiger partial charge on any atom is -0.351 e. The minimum atomic E-state index is -3.36. The van der Waals surface area contributed by atoms with Crippen LogP contribution in [-0.2, 0) is 9.84 Å². The first kappa shape index (κ1) is 14.3. The third-order valence-electron chi connectivity index (χ3n) is 3.94. The van der Waals surface area contributed by atoms with Crippen LogP contribution in [0.2, 0.25) is 0 Å². The molecule has 1 saturated heterocycles. The topological polar surface area (TPSA) is 66.5 Å². The second-order valence-corrected chi connectivity index (χ2v) is 7.17. The minimum absolute atomic E-state index is 0.215. The third-order valence-corrected chi connectivity index (χ3v) is 5.41. The molecule has 2 heterocycles. The van der Waals surface area contributed by atoms with Gasteiger partial charge < -0.3 is 10.2 Å². The maximum Gasteiger partial charge on any atom is 0.251 e. The van der Waals surface area contributed by atoms with Crippen LogP contribution in [0, 0.1) is 0 Å². The SMILES string of the molecule is O=C(NCCN1CCCC1)c1cccc2c1C=CS2(=O)=O. The maximum absolute atomic E-state index is 12.2. The van der Waals surface area contributed by atoms with Crippen LogP contribution >= 0.6 is 0 Å². The summed E-state index contributed by atoms with van der Waals surface area (Å²) in [5, 5.41) is 4.03. The van der Waals surface area contributed by atoms with Crippen LogP contribution in [-0.4, -0.2) is 45.4 Å². The Kier molecular flexibility index (Phi) is 3.82. The van der Waals surface area contributed by atoms with E-state index in [1.165, 1.54) is 25.0 Å². The summed E-state index contributed by atoms with van der Waals surface area (Å²) in [6.07, 6.45) is 3.95. The summed E-state index contributed by atoms with van der Waals surface area (Å²) in [5.41, 5.74) is 0.919. The van der Waals surface area contributed by atoms with Crippen LogP contribution in [0.15, 0.2) is 28.5 Å². The van der Waals surface area contributed by atoms with E-state index in [0.29, 0.717) is 17.7 Å². The van der Waals surface area contributed by atoms with Gasteiger partial charge in [-0.1, -0.05) is 6.07 Å². The molecular formula is C15H18N2O3S. The molecule has 2 aliphatic heterocycles. The zero-order valence-corrected chi connectivity index (χ0v) is 12.5. The second-order valence-electron chi connectivity index (χ2n) is 5.37. The average molecular weight is 306 g/mol. The molecule has 0 atom stereocenters. The molecule has 0 aliphatic carbocycles. The number of carbonyl (C=O) groups is 1. The fraction of sp³-hybridized carbons (Fsp3) is 0.400. The molecule has 0 spiro atoms. The number of hydrogen-bond donors (Lipinski definition) is 1. The van der Waals surface area contributed by atoms with Crippen molar-refractivity contribution in [3.63, 3.8) is 0 Å². The van der Waals surface area contributed by atoms with Crippen LogP contribution in [0.3, 0.4) is 0 Å². The fourth-order valence-electron chi connectivity index (χ4n) is 2.82. The molecule has 112 valence electrons. The van der Waals surface area contributed by atoms with Gasteiger partial charge in [0.25, 0.3) is 5.91 Å². The van der Waals surface area contributed by atoms with E-state index in [4.69, 9.17) is 0 Å². The van der Waals surface area contributed by atoms with E-state index in [1.54, 1.807) is 12.1 Å². The Morgan fingerprint density at radius 2 is 2.00 bits per heavy atom. The smallest absolute Gasteiger partial charge is 0.251 e. The maximum atomic E-state index is 12.2. The summed E-state index contributed by atoms with van der Waals surface area (Å²) < 4.78 is 23.6. The first-order chi connectivity index (χ1) is 10.1. The summed E-state index contributed by atoms with van der Waals surface area (Å²) in [4.78, 5) is 14.8. The van der Waals surface area contributed by atoms with Crippen molar-refractivity contribution in [3.05, 3.63) is 34.7 Å². The largest absolute Gasteiger partial charge is 0.351 e. The van der Waals surface area contributed by atoms with Crippen molar-refractivity contribution >= 4 is 21.8 Å². The van der Waals surface area contributed by atoms with Gasteiger partial charge in [0.15, 0.2) is 9.84 Å². The van der Waals surface area contributed by atoms with Crippen LogP contribution in [0.4, 0.5) is 0 Å². The molecule has 1 fully saturated rings. The Hall–Kier alpha value is -1.66. The molecule has 0 unspecified atom stereocenters. The number of rotatable bonds is 4. The molecule has 0 saturated carbocycles. The Morgan fingerprint density at radius 3 is 2.76 bits per heavy atom. The number of likely N-dealkylation sites (tertiary alicyclic amines) is 1. The van der Waals surface area contributed by atoms with E-state index >= 15 is 0 Å². The van der Waals surface area contributed by atoms with Crippen LogP contribution in [0.25, 0.3) is 6.08 Å². The van der Waals surface area contributed by atoms with Crippen molar-refractivity contribution in [2.24, 2.45) is 0 Å². The van der Waals surface area contributed by atoms with E-state index in [2.05, 4.69) is 10.2 Å². The normalized spacial score (nSPS) is 19.6. The second kappa shape index (κ2) is 5.61. The molecule has 0 aromatic heterocycles. The van der Waals surface area contributed by atoms with Gasteiger partial charge in [0.05, 0.1) is 4.90 Å². The van der Waals surface area contributed by atoms with E-state index in [0.717, 1.165) is 25.0 Å². The summed E-state index contributed by atoms with van der Waals surface area (Å²) in [6, 6.07) is 4.81. The molecular weight excluding hydrogens is 288 g/mol. The molecule has 0 radical (unpaired) electrons. The van der Waals surface area contributed by atoms with E-state index in [9.17, 15) is 13.2 Å². The first-order valence-electron chi connectivity index (χ1n) is 7.15. The lowest BCUT2D eigenvalue weighted by Crippen LogP contribution is -2.33. The zero-order chi connectivity index (χ0) is 14.9. The lowest BCUT2D eigenvalue weighted by molar-refractivity contribution is 0.0949. The third kappa shape index (κ3) is 2.87. The summed E-state index contributed by atoms with van der Waals surface area (Å²) in [5.74, 6) is -0.215. The van der Waals surface area contributed by atoms with Gasteiger partial charge in [-0.05, 0) is 44.1 Å². The van der Waals surface area contributed by atoms with E-state index in [1.807, 2.05) is 0 Å². The summed E-state index contributed by atoms with van der Waals surface area (Å²) >= 11 is 0. The van der Waals surface area contributed by atoms with Crippen LogP contribution in [0.5, 0.6) is 0 Å². The highest BCUT2D eigenvalue weighted by Gasteiger charge is 2.24. The van der Waals surface area contributed by atoms with Gasteiger partial charge in [-0.3, -0.25) is 4.79 Å². The molecule has 5 nitrogen and oxygen atoms in total. The van der Waals surface area contributed by atoms with Gasteiger partial charge in [-0.25, -0.2) is 8.42 Å². The van der Waals surface area contributed by atoms with Gasteiger partial charge >= 0.3 is 0 Å². The number of benzene rings is 1.